The Morgan fingerprint density at radius 1 is 1.77 bits per heavy atom. The lowest BCUT2D eigenvalue weighted by Crippen LogP contribution is -2.37. The maximum absolute atomic E-state index is 10.3. The quantitative estimate of drug-likeness (QED) is 0.569. The van der Waals surface area contributed by atoms with Crippen molar-refractivity contribution in [2.45, 2.75) is 25.5 Å². The number of hydrogen-bond acceptors (Lipinski definition) is 3. The average Bonchev–Trinajstić information content (AvgIpc) is 2.33. The molecular formula is C8H16N2O3. The maximum Gasteiger partial charge on any atom is 0.404 e. The molecule has 1 fully saturated rings. The van der Waals surface area contributed by atoms with Crippen molar-refractivity contribution in [3.05, 3.63) is 0 Å². The van der Waals surface area contributed by atoms with Crippen LogP contribution in [0.4, 0.5) is 4.79 Å². The molecule has 13 heavy (non-hydrogen) atoms. The third kappa shape index (κ3) is 3.61. The Morgan fingerprint density at radius 2 is 2.46 bits per heavy atom. The fourth-order valence-corrected chi connectivity index (χ4v) is 1.66. The number of β-amino-alcohol motifs (C(OH)–C–C–N with tert-alkyl or cyclic N) is 1. The van der Waals surface area contributed by atoms with Gasteiger partial charge in [-0.2, -0.15) is 0 Å². The molecule has 1 saturated heterocycles. The Bertz CT molecular complexity index is 184. The molecule has 0 aliphatic carbocycles. The fourth-order valence-electron chi connectivity index (χ4n) is 1.66. The molecule has 5 nitrogen and oxygen atoms in total. The van der Waals surface area contributed by atoms with Crippen molar-refractivity contribution >= 4 is 6.09 Å². The van der Waals surface area contributed by atoms with E-state index in [2.05, 4.69) is 10.2 Å². The van der Waals surface area contributed by atoms with Crippen LogP contribution in [0.15, 0.2) is 0 Å². The van der Waals surface area contributed by atoms with Gasteiger partial charge in [0.1, 0.15) is 0 Å². The van der Waals surface area contributed by atoms with Crippen LogP contribution in [-0.2, 0) is 0 Å². The van der Waals surface area contributed by atoms with E-state index in [9.17, 15) is 4.79 Å². The summed E-state index contributed by atoms with van der Waals surface area (Å²) in [6.45, 7) is 3.92. The molecule has 1 amide bonds. The Morgan fingerprint density at radius 3 is 3.00 bits per heavy atom. The second-order valence-electron chi connectivity index (χ2n) is 3.54. The van der Waals surface area contributed by atoms with E-state index < -0.39 is 6.09 Å². The minimum Gasteiger partial charge on any atom is -0.465 e. The van der Waals surface area contributed by atoms with Crippen LogP contribution < -0.4 is 5.32 Å². The zero-order chi connectivity index (χ0) is 9.84. The van der Waals surface area contributed by atoms with E-state index >= 15 is 0 Å². The molecule has 76 valence electrons. The van der Waals surface area contributed by atoms with Gasteiger partial charge in [-0.15, -0.1) is 0 Å². The molecule has 0 saturated carbocycles. The van der Waals surface area contributed by atoms with Gasteiger partial charge in [-0.3, -0.25) is 4.90 Å². The molecule has 1 rings (SSSR count). The number of aliphatic hydroxyl groups excluding tert-OH is 1. The highest BCUT2D eigenvalue weighted by molar-refractivity contribution is 5.64. The normalized spacial score (nSPS) is 25.8. The van der Waals surface area contributed by atoms with Gasteiger partial charge in [0.05, 0.1) is 6.10 Å². The second-order valence-corrected chi connectivity index (χ2v) is 3.54. The van der Waals surface area contributed by atoms with Crippen molar-refractivity contribution in [2.24, 2.45) is 0 Å². The maximum atomic E-state index is 10.3. The summed E-state index contributed by atoms with van der Waals surface area (Å²) in [5.41, 5.74) is 0. The SMILES string of the molecule is C[C@@H](O)CN1CC[C@@H](NC(=O)O)C1. The first-order valence-corrected chi connectivity index (χ1v) is 4.48. The van der Waals surface area contributed by atoms with Crippen LogP contribution in [-0.4, -0.2) is 53.0 Å². The van der Waals surface area contributed by atoms with Crippen molar-refractivity contribution in [1.29, 1.82) is 0 Å². The highest BCUT2D eigenvalue weighted by atomic mass is 16.4. The van der Waals surface area contributed by atoms with Gasteiger partial charge in [-0.1, -0.05) is 0 Å². The van der Waals surface area contributed by atoms with E-state index in [1.54, 1.807) is 6.92 Å². The van der Waals surface area contributed by atoms with Crippen LogP contribution in [0.1, 0.15) is 13.3 Å². The topological polar surface area (TPSA) is 72.8 Å². The molecule has 0 spiro atoms. The molecule has 5 heteroatoms. The largest absolute Gasteiger partial charge is 0.465 e. The van der Waals surface area contributed by atoms with Crippen LogP contribution in [0.2, 0.25) is 0 Å². The molecule has 2 atom stereocenters. The third-order valence-electron chi connectivity index (χ3n) is 2.12. The number of likely N-dealkylation sites (tertiary alicyclic amines) is 1. The number of nitrogens with one attached hydrogen (secondary N) is 1. The standard InChI is InChI=1S/C8H16N2O3/c1-6(11)4-10-3-2-7(5-10)9-8(12)13/h6-7,9,11H,2-5H2,1H3,(H,12,13)/t6-,7-/m1/s1. The summed E-state index contributed by atoms with van der Waals surface area (Å²) in [7, 11) is 0. The van der Waals surface area contributed by atoms with Gasteiger partial charge in [0.2, 0.25) is 0 Å². The highest BCUT2D eigenvalue weighted by Crippen LogP contribution is 2.09. The van der Waals surface area contributed by atoms with Crippen LogP contribution in [0, 0.1) is 0 Å². The number of aliphatic hydroxyl groups is 1. The van der Waals surface area contributed by atoms with Crippen molar-refractivity contribution in [3.63, 3.8) is 0 Å². The van der Waals surface area contributed by atoms with E-state index in [1.807, 2.05) is 0 Å². The Kier molecular flexibility index (Phi) is 3.50. The Hall–Kier alpha value is -0.810. The first-order valence-electron chi connectivity index (χ1n) is 4.48. The number of hydrogen-bond donors (Lipinski definition) is 3. The van der Waals surface area contributed by atoms with Gasteiger partial charge >= 0.3 is 6.09 Å². The van der Waals surface area contributed by atoms with Crippen LogP contribution in [0.5, 0.6) is 0 Å². The van der Waals surface area contributed by atoms with Gasteiger partial charge in [-0.05, 0) is 13.3 Å². The van der Waals surface area contributed by atoms with Crippen LogP contribution in [0.3, 0.4) is 0 Å². The lowest BCUT2D eigenvalue weighted by atomic mass is 10.3. The van der Waals surface area contributed by atoms with Gasteiger partial charge in [-0.25, -0.2) is 4.79 Å². The highest BCUT2D eigenvalue weighted by Gasteiger charge is 2.23. The molecule has 0 aromatic heterocycles. The van der Waals surface area contributed by atoms with Crippen LogP contribution in [0.25, 0.3) is 0 Å². The number of rotatable bonds is 3. The molecule has 0 unspecified atom stereocenters. The van der Waals surface area contributed by atoms with E-state index in [4.69, 9.17) is 10.2 Å². The number of carbonyl (C=O) groups is 1. The van der Waals surface area contributed by atoms with Gasteiger partial charge < -0.3 is 15.5 Å². The third-order valence-corrected chi connectivity index (χ3v) is 2.12. The minimum absolute atomic E-state index is 0.0243. The molecule has 1 heterocycles. The van der Waals surface area contributed by atoms with Crippen molar-refractivity contribution in [1.82, 2.24) is 10.2 Å². The molecule has 0 bridgehead atoms. The van der Waals surface area contributed by atoms with Gasteiger partial charge in [0, 0.05) is 25.7 Å². The van der Waals surface area contributed by atoms with Gasteiger partial charge in [0.25, 0.3) is 0 Å². The minimum atomic E-state index is -0.969. The van der Waals surface area contributed by atoms with Crippen molar-refractivity contribution in [3.8, 4) is 0 Å². The summed E-state index contributed by atoms with van der Waals surface area (Å²) < 4.78 is 0. The fraction of sp³-hybridized carbons (Fsp3) is 0.875. The van der Waals surface area contributed by atoms with E-state index in [0.29, 0.717) is 13.1 Å². The summed E-state index contributed by atoms with van der Waals surface area (Å²) in [6.07, 6.45) is -0.480. The summed E-state index contributed by atoms with van der Waals surface area (Å²) in [5.74, 6) is 0. The first kappa shape index (κ1) is 10.3. The first-order chi connectivity index (χ1) is 6.08. The molecule has 1 aliphatic rings. The molecule has 0 aromatic rings. The monoisotopic (exact) mass is 188 g/mol. The smallest absolute Gasteiger partial charge is 0.404 e. The predicted octanol–water partition coefficient (Wildman–Crippen LogP) is -0.291. The van der Waals surface area contributed by atoms with Gasteiger partial charge in [0.15, 0.2) is 0 Å². The molecule has 0 radical (unpaired) electrons. The average molecular weight is 188 g/mol. The predicted molar refractivity (Wildman–Crippen MR) is 47.7 cm³/mol. The number of nitrogens with zero attached hydrogens (tertiary/aromatic N) is 1. The molecule has 0 aromatic carbocycles. The van der Waals surface area contributed by atoms with E-state index in [0.717, 1.165) is 13.0 Å². The summed E-state index contributed by atoms with van der Waals surface area (Å²) in [5, 5.41) is 20.0. The lowest BCUT2D eigenvalue weighted by molar-refractivity contribution is 0.139. The molecule has 3 N–H and O–H groups in total. The van der Waals surface area contributed by atoms with Crippen LogP contribution >= 0.6 is 0 Å². The number of amides is 1. The molecular weight excluding hydrogens is 172 g/mol. The summed E-state index contributed by atoms with van der Waals surface area (Å²) in [6, 6.07) is 0.0243. The second kappa shape index (κ2) is 4.43. The van der Waals surface area contributed by atoms with Crippen molar-refractivity contribution < 1.29 is 15.0 Å². The lowest BCUT2D eigenvalue weighted by Gasteiger charge is -2.17. The van der Waals surface area contributed by atoms with E-state index in [-0.39, 0.29) is 12.1 Å². The molecule has 1 aliphatic heterocycles. The Labute approximate surface area is 77.3 Å². The van der Waals surface area contributed by atoms with E-state index in [1.165, 1.54) is 0 Å². The Balaban J connectivity index is 2.24. The van der Waals surface area contributed by atoms with Crippen molar-refractivity contribution in [2.75, 3.05) is 19.6 Å². The zero-order valence-electron chi connectivity index (χ0n) is 7.73. The zero-order valence-corrected chi connectivity index (χ0v) is 7.73. The summed E-state index contributed by atoms with van der Waals surface area (Å²) >= 11 is 0. The summed E-state index contributed by atoms with van der Waals surface area (Å²) in [4.78, 5) is 12.4. The number of carboxylic acid groups (broad SMARTS) is 1.